The van der Waals surface area contributed by atoms with Crippen molar-refractivity contribution in [2.75, 3.05) is 6.54 Å². The largest absolute Gasteiger partial charge is 0.480 e. The summed E-state index contributed by atoms with van der Waals surface area (Å²) in [6, 6.07) is -1.46. The average Bonchev–Trinajstić information content (AvgIpc) is 2.77. The van der Waals surface area contributed by atoms with E-state index >= 15 is 0 Å². The van der Waals surface area contributed by atoms with Gasteiger partial charge < -0.3 is 15.7 Å². The van der Waals surface area contributed by atoms with Crippen LogP contribution in [-0.4, -0.2) is 44.9 Å². The van der Waals surface area contributed by atoms with E-state index in [1.54, 1.807) is 20.8 Å². The third-order valence-corrected chi connectivity index (χ3v) is 2.50. The number of carbonyl (C=O) groups excluding carboxylic acids is 1. The van der Waals surface area contributed by atoms with Gasteiger partial charge in [0.1, 0.15) is 18.2 Å². The number of carboxylic acid groups (broad SMARTS) is 1. The summed E-state index contributed by atoms with van der Waals surface area (Å²) < 4.78 is 0. The van der Waals surface area contributed by atoms with Crippen molar-refractivity contribution in [1.82, 2.24) is 25.8 Å². The number of nitrogens with zero attached hydrogens (tertiary/aromatic N) is 2. The van der Waals surface area contributed by atoms with Crippen molar-refractivity contribution in [3.05, 3.63) is 12.2 Å². The van der Waals surface area contributed by atoms with Crippen LogP contribution < -0.4 is 10.6 Å². The molecule has 1 aromatic rings. The molecule has 4 N–H and O–H groups in total. The molecule has 0 unspecified atom stereocenters. The summed E-state index contributed by atoms with van der Waals surface area (Å²) >= 11 is 0. The summed E-state index contributed by atoms with van der Waals surface area (Å²) in [6.45, 7) is 5.60. The number of urea groups is 1. The summed E-state index contributed by atoms with van der Waals surface area (Å²) in [6.07, 6.45) is 1.89. The van der Waals surface area contributed by atoms with E-state index in [1.165, 1.54) is 6.33 Å². The normalized spacial score (nSPS) is 12.8. The van der Waals surface area contributed by atoms with E-state index in [1.807, 2.05) is 0 Å². The summed E-state index contributed by atoms with van der Waals surface area (Å²) in [5, 5.41) is 20.4. The molecule has 19 heavy (non-hydrogen) atoms. The lowest BCUT2D eigenvalue weighted by atomic mass is 9.87. The molecule has 1 rings (SSSR count). The molecule has 1 atom stereocenters. The SMILES string of the molecule is CC(C)(C)[C@@H](NC(=O)NCCc1ncn[nH]1)C(=O)O. The van der Waals surface area contributed by atoms with Crippen molar-refractivity contribution in [2.45, 2.75) is 33.2 Å². The molecule has 0 radical (unpaired) electrons. The molecule has 0 aromatic carbocycles. The molecule has 0 saturated heterocycles. The Morgan fingerprint density at radius 1 is 1.47 bits per heavy atom. The first-order valence-corrected chi connectivity index (χ1v) is 5.92. The van der Waals surface area contributed by atoms with E-state index in [-0.39, 0.29) is 0 Å². The van der Waals surface area contributed by atoms with E-state index in [4.69, 9.17) is 5.11 Å². The van der Waals surface area contributed by atoms with Gasteiger partial charge in [0, 0.05) is 13.0 Å². The monoisotopic (exact) mass is 269 g/mol. The minimum Gasteiger partial charge on any atom is -0.480 e. The highest BCUT2D eigenvalue weighted by molar-refractivity contribution is 5.83. The Kier molecular flexibility index (Phi) is 4.85. The Morgan fingerprint density at radius 3 is 2.63 bits per heavy atom. The van der Waals surface area contributed by atoms with E-state index in [2.05, 4.69) is 25.8 Å². The van der Waals surface area contributed by atoms with E-state index < -0.39 is 23.5 Å². The molecule has 8 nitrogen and oxygen atoms in total. The van der Waals surface area contributed by atoms with E-state index in [0.29, 0.717) is 18.8 Å². The number of carbonyl (C=O) groups is 2. The topological polar surface area (TPSA) is 120 Å². The number of aromatic nitrogens is 3. The first-order valence-electron chi connectivity index (χ1n) is 5.92. The Morgan fingerprint density at radius 2 is 2.16 bits per heavy atom. The van der Waals surface area contributed by atoms with Crippen LogP contribution >= 0.6 is 0 Å². The van der Waals surface area contributed by atoms with Crippen molar-refractivity contribution >= 4 is 12.0 Å². The lowest BCUT2D eigenvalue weighted by Gasteiger charge is -2.27. The van der Waals surface area contributed by atoms with Gasteiger partial charge in [0.25, 0.3) is 0 Å². The first-order chi connectivity index (χ1) is 8.80. The number of carboxylic acids is 1. The number of amides is 2. The molecule has 0 aliphatic carbocycles. The second kappa shape index (κ2) is 6.17. The smallest absolute Gasteiger partial charge is 0.326 e. The maximum atomic E-state index is 11.6. The molecular weight excluding hydrogens is 250 g/mol. The molecule has 0 fully saturated rings. The molecule has 0 bridgehead atoms. The Balaban J connectivity index is 2.39. The van der Waals surface area contributed by atoms with Gasteiger partial charge in [0.15, 0.2) is 0 Å². The van der Waals surface area contributed by atoms with E-state index in [9.17, 15) is 9.59 Å². The number of nitrogens with one attached hydrogen (secondary N) is 3. The zero-order valence-electron chi connectivity index (χ0n) is 11.2. The fraction of sp³-hybridized carbons (Fsp3) is 0.636. The summed E-state index contributed by atoms with van der Waals surface area (Å²) in [4.78, 5) is 26.6. The zero-order valence-corrected chi connectivity index (χ0v) is 11.2. The van der Waals surface area contributed by atoms with Crippen molar-refractivity contribution in [2.24, 2.45) is 5.41 Å². The van der Waals surface area contributed by atoms with Crippen molar-refractivity contribution < 1.29 is 14.7 Å². The lowest BCUT2D eigenvalue weighted by molar-refractivity contribution is -0.141. The number of aliphatic carboxylic acids is 1. The van der Waals surface area contributed by atoms with Gasteiger partial charge in [-0.05, 0) is 5.41 Å². The van der Waals surface area contributed by atoms with Crippen molar-refractivity contribution in [3.8, 4) is 0 Å². The van der Waals surface area contributed by atoms with Crippen LogP contribution in [0, 0.1) is 5.41 Å². The molecule has 0 aliphatic rings. The number of aromatic amines is 1. The quantitative estimate of drug-likeness (QED) is 0.606. The summed E-state index contributed by atoms with van der Waals surface area (Å²) in [5.41, 5.74) is -0.561. The highest BCUT2D eigenvalue weighted by atomic mass is 16.4. The fourth-order valence-corrected chi connectivity index (χ4v) is 1.48. The third-order valence-electron chi connectivity index (χ3n) is 2.50. The third kappa shape index (κ3) is 4.94. The van der Waals surface area contributed by atoms with Gasteiger partial charge in [-0.1, -0.05) is 20.8 Å². The predicted molar refractivity (Wildman–Crippen MR) is 67.5 cm³/mol. The van der Waals surface area contributed by atoms with Crippen LogP contribution in [0.4, 0.5) is 4.79 Å². The Bertz CT molecular complexity index is 424. The second-order valence-corrected chi connectivity index (χ2v) is 5.22. The predicted octanol–water partition coefficient (Wildman–Crippen LogP) is 0.146. The lowest BCUT2D eigenvalue weighted by Crippen LogP contribution is -2.52. The highest BCUT2D eigenvalue weighted by Gasteiger charge is 2.32. The van der Waals surface area contributed by atoms with E-state index in [0.717, 1.165) is 0 Å². The van der Waals surface area contributed by atoms with Crippen LogP contribution in [0.15, 0.2) is 6.33 Å². The molecule has 0 aliphatic heterocycles. The number of hydrogen-bond acceptors (Lipinski definition) is 4. The Labute approximate surface area is 111 Å². The zero-order chi connectivity index (χ0) is 14.5. The molecule has 2 amide bonds. The van der Waals surface area contributed by atoms with Gasteiger partial charge in [-0.25, -0.2) is 14.6 Å². The van der Waals surface area contributed by atoms with Gasteiger partial charge in [-0.15, -0.1) is 0 Å². The van der Waals surface area contributed by atoms with Gasteiger partial charge in [0.2, 0.25) is 0 Å². The van der Waals surface area contributed by atoms with Gasteiger partial charge in [-0.2, -0.15) is 5.10 Å². The van der Waals surface area contributed by atoms with Crippen LogP contribution in [-0.2, 0) is 11.2 Å². The average molecular weight is 269 g/mol. The van der Waals surface area contributed by atoms with Crippen molar-refractivity contribution in [1.29, 1.82) is 0 Å². The molecule has 106 valence electrons. The Hall–Kier alpha value is -2.12. The minimum atomic E-state index is -1.06. The van der Waals surface area contributed by atoms with Crippen molar-refractivity contribution in [3.63, 3.8) is 0 Å². The molecule has 0 spiro atoms. The summed E-state index contributed by atoms with van der Waals surface area (Å²) in [7, 11) is 0. The summed E-state index contributed by atoms with van der Waals surface area (Å²) in [5.74, 6) is -0.399. The maximum Gasteiger partial charge on any atom is 0.326 e. The molecule has 1 aromatic heterocycles. The van der Waals surface area contributed by atoms with Gasteiger partial charge in [-0.3, -0.25) is 5.10 Å². The maximum absolute atomic E-state index is 11.6. The second-order valence-electron chi connectivity index (χ2n) is 5.22. The molecular formula is C11H19N5O3. The van der Waals surface area contributed by atoms with Gasteiger partial charge in [0.05, 0.1) is 0 Å². The highest BCUT2D eigenvalue weighted by Crippen LogP contribution is 2.19. The molecule has 0 saturated carbocycles. The van der Waals surface area contributed by atoms with Crippen LogP contribution in [0.1, 0.15) is 26.6 Å². The standard InChI is InChI=1S/C11H19N5O3/c1-11(2,3)8(9(17)18)15-10(19)12-5-4-7-13-6-14-16-7/h6,8H,4-5H2,1-3H3,(H,17,18)(H2,12,15,19)(H,13,14,16)/t8-/m0/s1. The number of hydrogen-bond donors (Lipinski definition) is 4. The molecule has 1 heterocycles. The minimum absolute atomic E-state index is 0.345. The van der Waals surface area contributed by atoms with Crippen LogP contribution in [0.5, 0.6) is 0 Å². The number of H-pyrrole nitrogens is 1. The van der Waals surface area contributed by atoms with Gasteiger partial charge >= 0.3 is 12.0 Å². The fourth-order valence-electron chi connectivity index (χ4n) is 1.48. The molecule has 8 heteroatoms. The first kappa shape index (κ1) is 14.9. The van der Waals surface area contributed by atoms with Crippen LogP contribution in [0.25, 0.3) is 0 Å². The number of rotatable bonds is 5. The van der Waals surface area contributed by atoms with Crippen LogP contribution in [0.3, 0.4) is 0 Å². The van der Waals surface area contributed by atoms with Crippen LogP contribution in [0.2, 0.25) is 0 Å².